The fourth-order valence-electron chi connectivity index (χ4n) is 4.61. The Kier molecular flexibility index (Phi) is 5.02. The Morgan fingerprint density at radius 1 is 1.00 bits per heavy atom. The number of hydrogen-bond donors (Lipinski definition) is 1. The molecule has 132 valence electrons. The molecule has 2 aromatic rings. The number of piperidine rings is 2. The quantitative estimate of drug-likeness (QED) is 0.915. The SMILES string of the molecule is O=C([C@@H]1CCC[NH+](Cc2cccc3ccccc23)C1)N1CCCCC1. The Morgan fingerprint density at radius 2 is 1.80 bits per heavy atom. The summed E-state index contributed by atoms with van der Waals surface area (Å²) in [5.74, 6) is 0.659. The minimum Gasteiger partial charge on any atom is -0.342 e. The lowest BCUT2D eigenvalue weighted by molar-refractivity contribution is -0.921. The number of nitrogens with one attached hydrogen (secondary N) is 1. The van der Waals surface area contributed by atoms with E-state index in [1.807, 2.05) is 0 Å². The van der Waals surface area contributed by atoms with Gasteiger partial charge in [-0.2, -0.15) is 0 Å². The predicted octanol–water partition coefficient (Wildman–Crippen LogP) is 2.65. The molecule has 4 rings (SSSR count). The van der Waals surface area contributed by atoms with Crippen molar-refractivity contribution >= 4 is 16.7 Å². The van der Waals surface area contributed by atoms with Gasteiger partial charge < -0.3 is 9.80 Å². The van der Waals surface area contributed by atoms with Crippen molar-refractivity contribution in [2.75, 3.05) is 26.2 Å². The predicted molar refractivity (Wildman–Crippen MR) is 102 cm³/mol. The minimum absolute atomic E-state index is 0.233. The molecule has 3 nitrogen and oxygen atoms in total. The second kappa shape index (κ2) is 7.57. The average molecular weight is 337 g/mol. The average Bonchev–Trinajstić information content (AvgIpc) is 2.69. The first-order valence-electron chi connectivity index (χ1n) is 9.90. The van der Waals surface area contributed by atoms with Crippen molar-refractivity contribution in [2.45, 2.75) is 38.6 Å². The van der Waals surface area contributed by atoms with Gasteiger partial charge in [0.1, 0.15) is 6.54 Å². The van der Waals surface area contributed by atoms with E-state index in [9.17, 15) is 4.79 Å². The van der Waals surface area contributed by atoms with E-state index in [4.69, 9.17) is 0 Å². The van der Waals surface area contributed by atoms with Crippen LogP contribution in [0.5, 0.6) is 0 Å². The Hall–Kier alpha value is -1.87. The smallest absolute Gasteiger partial charge is 0.231 e. The van der Waals surface area contributed by atoms with Crippen LogP contribution in [0.2, 0.25) is 0 Å². The lowest BCUT2D eigenvalue weighted by Gasteiger charge is -2.34. The molecule has 2 saturated heterocycles. The van der Waals surface area contributed by atoms with Gasteiger partial charge in [-0.25, -0.2) is 0 Å². The van der Waals surface area contributed by atoms with Crippen molar-refractivity contribution in [1.29, 1.82) is 0 Å². The third-order valence-electron chi connectivity index (χ3n) is 5.96. The van der Waals surface area contributed by atoms with Crippen LogP contribution < -0.4 is 4.90 Å². The highest BCUT2D eigenvalue weighted by Crippen LogP contribution is 2.19. The third kappa shape index (κ3) is 3.72. The molecule has 0 aliphatic carbocycles. The topological polar surface area (TPSA) is 24.8 Å². The molecular formula is C22H29N2O+. The van der Waals surface area contributed by atoms with Crippen LogP contribution >= 0.6 is 0 Å². The van der Waals surface area contributed by atoms with Crippen molar-refractivity contribution in [3.05, 3.63) is 48.0 Å². The second-order valence-electron chi connectivity index (χ2n) is 7.74. The summed E-state index contributed by atoms with van der Waals surface area (Å²) < 4.78 is 0. The van der Waals surface area contributed by atoms with Crippen LogP contribution in [0.15, 0.2) is 42.5 Å². The summed E-state index contributed by atoms with van der Waals surface area (Å²) in [4.78, 5) is 16.6. The fraction of sp³-hybridized carbons (Fsp3) is 0.500. The molecule has 3 heteroatoms. The molecule has 0 spiro atoms. The third-order valence-corrected chi connectivity index (χ3v) is 5.96. The highest BCUT2D eigenvalue weighted by Gasteiger charge is 2.32. The second-order valence-corrected chi connectivity index (χ2v) is 7.74. The maximum absolute atomic E-state index is 12.9. The fourth-order valence-corrected chi connectivity index (χ4v) is 4.61. The summed E-state index contributed by atoms with van der Waals surface area (Å²) in [6.45, 7) is 5.18. The van der Waals surface area contributed by atoms with Crippen molar-refractivity contribution in [3.63, 3.8) is 0 Å². The van der Waals surface area contributed by atoms with E-state index in [-0.39, 0.29) is 5.92 Å². The van der Waals surface area contributed by atoms with Gasteiger partial charge in [-0.05, 0) is 42.9 Å². The zero-order valence-electron chi connectivity index (χ0n) is 15.0. The van der Waals surface area contributed by atoms with Crippen LogP contribution in [0.25, 0.3) is 10.8 Å². The number of amides is 1. The molecule has 2 aliphatic rings. The first-order chi connectivity index (χ1) is 12.3. The molecule has 2 atom stereocenters. The highest BCUT2D eigenvalue weighted by atomic mass is 16.2. The number of benzene rings is 2. The van der Waals surface area contributed by atoms with E-state index in [0.717, 1.165) is 32.6 Å². The van der Waals surface area contributed by atoms with Gasteiger partial charge in [0.05, 0.1) is 19.0 Å². The molecule has 1 N–H and O–H groups in total. The number of carbonyl (C=O) groups is 1. The summed E-state index contributed by atoms with van der Waals surface area (Å²) in [6.07, 6.45) is 5.90. The number of fused-ring (bicyclic) bond motifs is 1. The Labute approximate surface area is 150 Å². The number of nitrogens with zero attached hydrogens (tertiary/aromatic N) is 1. The lowest BCUT2D eigenvalue weighted by Crippen LogP contribution is -3.12. The van der Waals surface area contributed by atoms with Gasteiger partial charge in [0.15, 0.2) is 0 Å². The van der Waals surface area contributed by atoms with Crippen LogP contribution in [0.1, 0.15) is 37.7 Å². The molecule has 0 saturated carbocycles. The van der Waals surface area contributed by atoms with Crippen molar-refractivity contribution in [2.24, 2.45) is 5.92 Å². The van der Waals surface area contributed by atoms with Gasteiger partial charge in [-0.15, -0.1) is 0 Å². The van der Waals surface area contributed by atoms with Crippen LogP contribution in [-0.4, -0.2) is 37.0 Å². The summed E-state index contributed by atoms with van der Waals surface area (Å²) >= 11 is 0. The first-order valence-corrected chi connectivity index (χ1v) is 9.90. The molecule has 2 fully saturated rings. The van der Waals surface area contributed by atoms with Crippen LogP contribution in [0.4, 0.5) is 0 Å². The molecule has 0 radical (unpaired) electrons. The van der Waals surface area contributed by atoms with Gasteiger partial charge >= 0.3 is 0 Å². The normalized spacial score (nSPS) is 24.4. The highest BCUT2D eigenvalue weighted by molar-refractivity contribution is 5.85. The van der Waals surface area contributed by atoms with Crippen molar-refractivity contribution < 1.29 is 9.69 Å². The van der Waals surface area contributed by atoms with Crippen LogP contribution in [0, 0.1) is 5.92 Å². The van der Waals surface area contributed by atoms with Crippen molar-refractivity contribution in [1.82, 2.24) is 4.90 Å². The standard InChI is InChI=1S/C22H28N2O/c25-22(24-14-4-1-5-15-24)20-11-7-13-23(17-20)16-19-10-6-9-18-8-2-3-12-21(18)19/h2-3,6,8-10,12,20H,1,4-5,7,11,13-17H2/p+1/t20-/m1/s1. The Bertz CT molecular complexity index is 730. The molecule has 2 aromatic carbocycles. The number of likely N-dealkylation sites (tertiary alicyclic amines) is 2. The van der Waals surface area contributed by atoms with E-state index < -0.39 is 0 Å². The van der Waals surface area contributed by atoms with Gasteiger partial charge in [0.25, 0.3) is 0 Å². The van der Waals surface area contributed by atoms with E-state index >= 15 is 0 Å². The maximum Gasteiger partial charge on any atom is 0.231 e. The zero-order valence-corrected chi connectivity index (χ0v) is 15.0. The molecule has 2 aliphatic heterocycles. The molecule has 1 unspecified atom stereocenters. The van der Waals surface area contributed by atoms with Gasteiger partial charge in [-0.1, -0.05) is 42.5 Å². The molecule has 1 amide bonds. The Balaban J connectivity index is 1.45. The van der Waals surface area contributed by atoms with E-state index in [1.165, 1.54) is 48.6 Å². The molecule has 2 heterocycles. The zero-order chi connectivity index (χ0) is 17.1. The Morgan fingerprint density at radius 3 is 2.68 bits per heavy atom. The number of hydrogen-bond acceptors (Lipinski definition) is 1. The minimum atomic E-state index is 0.233. The van der Waals surface area contributed by atoms with Gasteiger partial charge in [-0.3, -0.25) is 4.79 Å². The van der Waals surface area contributed by atoms with Gasteiger partial charge in [0, 0.05) is 18.7 Å². The number of rotatable bonds is 3. The van der Waals surface area contributed by atoms with E-state index in [1.54, 1.807) is 4.90 Å². The lowest BCUT2D eigenvalue weighted by atomic mass is 9.94. The number of carbonyl (C=O) groups excluding carboxylic acids is 1. The first kappa shape index (κ1) is 16.6. The van der Waals surface area contributed by atoms with Crippen LogP contribution in [-0.2, 0) is 11.3 Å². The molecular weight excluding hydrogens is 308 g/mol. The van der Waals surface area contributed by atoms with Crippen LogP contribution in [0.3, 0.4) is 0 Å². The molecule has 0 bridgehead atoms. The number of quaternary nitrogens is 1. The monoisotopic (exact) mass is 337 g/mol. The maximum atomic E-state index is 12.9. The van der Waals surface area contributed by atoms with Gasteiger partial charge in [0.2, 0.25) is 5.91 Å². The molecule has 25 heavy (non-hydrogen) atoms. The summed E-state index contributed by atoms with van der Waals surface area (Å²) in [6, 6.07) is 15.3. The summed E-state index contributed by atoms with van der Waals surface area (Å²) in [5.41, 5.74) is 1.42. The largest absolute Gasteiger partial charge is 0.342 e. The molecule has 0 aromatic heterocycles. The summed E-state index contributed by atoms with van der Waals surface area (Å²) in [7, 11) is 0. The van der Waals surface area contributed by atoms with E-state index in [2.05, 4.69) is 47.4 Å². The van der Waals surface area contributed by atoms with Crippen molar-refractivity contribution in [3.8, 4) is 0 Å². The van der Waals surface area contributed by atoms with E-state index in [0.29, 0.717) is 5.91 Å². The summed E-state index contributed by atoms with van der Waals surface area (Å²) in [5, 5.41) is 2.68.